The second-order valence-electron chi connectivity index (χ2n) is 6.32. The summed E-state index contributed by atoms with van der Waals surface area (Å²) in [5.74, 6) is -0.845. The molecule has 1 saturated heterocycles. The number of amides is 2. The Labute approximate surface area is 156 Å². The number of anilines is 1. The Balaban J connectivity index is 1.64. The largest absolute Gasteiger partial charge is 0.338 e. The molecule has 3 rings (SSSR count). The number of benzene rings is 2. The van der Waals surface area contributed by atoms with Crippen LogP contribution in [0.4, 0.5) is 10.1 Å². The van der Waals surface area contributed by atoms with Crippen LogP contribution in [-0.4, -0.2) is 36.1 Å². The van der Waals surface area contributed by atoms with Crippen molar-refractivity contribution in [2.24, 2.45) is 5.92 Å². The Hall–Kier alpha value is -2.34. The summed E-state index contributed by atoms with van der Waals surface area (Å²) in [5.41, 5.74) is 1.21. The number of hydrogen-bond donors (Lipinski definition) is 1. The van der Waals surface area contributed by atoms with Gasteiger partial charge in [-0.15, -0.1) is 11.8 Å². The molecule has 0 saturated carbocycles. The number of piperidine rings is 1. The summed E-state index contributed by atoms with van der Waals surface area (Å²) in [5, 5.41) is 2.95. The summed E-state index contributed by atoms with van der Waals surface area (Å²) in [6, 6.07) is 13.2. The molecule has 136 valence electrons. The van der Waals surface area contributed by atoms with E-state index in [0.29, 0.717) is 18.7 Å². The predicted octanol–water partition coefficient (Wildman–Crippen LogP) is 4.04. The monoisotopic (exact) mass is 372 g/mol. The first-order valence-corrected chi connectivity index (χ1v) is 9.79. The van der Waals surface area contributed by atoms with Gasteiger partial charge in [0.1, 0.15) is 5.82 Å². The zero-order chi connectivity index (χ0) is 18.5. The Kier molecular flexibility index (Phi) is 5.93. The van der Waals surface area contributed by atoms with Crippen molar-refractivity contribution in [3.8, 4) is 0 Å². The number of nitrogens with zero attached hydrogens (tertiary/aromatic N) is 1. The number of carbonyl (C=O) groups is 2. The Morgan fingerprint density at radius 2 is 1.96 bits per heavy atom. The number of likely N-dealkylation sites (tertiary alicyclic amines) is 1. The number of hydrogen-bond acceptors (Lipinski definition) is 3. The third kappa shape index (κ3) is 4.43. The van der Waals surface area contributed by atoms with E-state index in [2.05, 4.69) is 5.32 Å². The molecule has 2 aromatic rings. The maximum Gasteiger partial charge on any atom is 0.253 e. The van der Waals surface area contributed by atoms with E-state index in [4.69, 9.17) is 0 Å². The van der Waals surface area contributed by atoms with Crippen LogP contribution in [0, 0.1) is 11.7 Å². The van der Waals surface area contributed by atoms with E-state index in [1.165, 1.54) is 24.3 Å². The highest BCUT2D eigenvalue weighted by Gasteiger charge is 2.29. The minimum Gasteiger partial charge on any atom is -0.338 e. The predicted molar refractivity (Wildman–Crippen MR) is 102 cm³/mol. The van der Waals surface area contributed by atoms with Crippen molar-refractivity contribution >= 4 is 29.3 Å². The third-order valence-electron chi connectivity index (χ3n) is 4.51. The molecule has 1 fully saturated rings. The van der Waals surface area contributed by atoms with Gasteiger partial charge in [-0.2, -0.15) is 0 Å². The molecule has 26 heavy (non-hydrogen) atoms. The van der Waals surface area contributed by atoms with Crippen molar-refractivity contribution in [2.75, 3.05) is 24.7 Å². The van der Waals surface area contributed by atoms with Crippen LogP contribution in [0.5, 0.6) is 0 Å². The fraction of sp³-hybridized carbons (Fsp3) is 0.300. The summed E-state index contributed by atoms with van der Waals surface area (Å²) in [6.45, 7) is 0.992. The van der Waals surface area contributed by atoms with Gasteiger partial charge in [0.25, 0.3) is 5.91 Å². The first kappa shape index (κ1) is 18.5. The Bertz CT molecular complexity index is 795. The average molecular weight is 372 g/mol. The van der Waals surface area contributed by atoms with Crippen molar-refractivity contribution in [3.05, 3.63) is 59.9 Å². The topological polar surface area (TPSA) is 49.4 Å². The van der Waals surface area contributed by atoms with Crippen molar-refractivity contribution in [1.82, 2.24) is 4.90 Å². The molecule has 1 N–H and O–H groups in total. The molecular weight excluding hydrogens is 351 g/mol. The summed E-state index contributed by atoms with van der Waals surface area (Å²) in [4.78, 5) is 28.0. The van der Waals surface area contributed by atoms with Gasteiger partial charge in [-0.1, -0.05) is 6.07 Å². The van der Waals surface area contributed by atoms with E-state index in [9.17, 15) is 14.0 Å². The number of nitrogens with one attached hydrogen (secondary N) is 1. The van der Waals surface area contributed by atoms with Gasteiger partial charge in [-0.3, -0.25) is 9.59 Å². The molecule has 0 radical (unpaired) electrons. The molecule has 2 aromatic carbocycles. The van der Waals surface area contributed by atoms with Gasteiger partial charge in [-0.05, 0) is 61.6 Å². The number of carbonyl (C=O) groups excluding carboxylic acids is 2. The quantitative estimate of drug-likeness (QED) is 0.824. The molecule has 0 aromatic heterocycles. The lowest BCUT2D eigenvalue weighted by atomic mass is 9.96. The smallest absolute Gasteiger partial charge is 0.253 e. The molecule has 2 amide bonds. The summed E-state index contributed by atoms with van der Waals surface area (Å²) >= 11 is 1.62. The molecule has 0 bridgehead atoms. The molecule has 0 unspecified atom stereocenters. The first-order valence-electron chi connectivity index (χ1n) is 8.56. The molecule has 1 heterocycles. The molecule has 1 atom stereocenters. The van der Waals surface area contributed by atoms with Crippen LogP contribution in [0.2, 0.25) is 0 Å². The van der Waals surface area contributed by atoms with E-state index >= 15 is 0 Å². The maximum absolute atomic E-state index is 13.0. The van der Waals surface area contributed by atoms with Crippen molar-refractivity contribution < 1.29 is 14.0 Å². The molecule has 1 aliphatic rings. The minimum absolute atomic E-state index is 0.0696. The highest BCUT2D eigenvalue weighted by atomic mass is 32.2. The fourth-order valence-corrected chi connectivity index (χ4v) is 3.56. The Morgan fingerprint density at radius 3 is 2.69 bits per heavy atom. The van der Waals surface area contributed by atoms with Crippen LogP contribution in [0.1, 0.15) is 23.2 Å². The van der Waals surface area contributed by atoms with Gasteiger partial charge in [-0.25, -0.2) is 4.39 Å². The lowest BCUT2D eigenvalue weighted by Gasteiger charge is -2.32. The fourth-order valence-electron chi connectivity index (χ4n) is 3.10. The lowest BCUT2D eigenvalue weighted by Crippen LogP contribution is -2.43. The van der Waals surface area contributed by atoms with Crippen LogP contribution in [-0.2, 0) is 4.79 Å². The normalized spacial score (nSPS) is 17.0. The van der Waals surface area contributed by atoms with E-state index in [1.54, 1.807) is 16.7 Å². The molecular formula is C20H21FN2O2S. The van der Waals surface area contributed by atoms with Crippen LogP contribution >= 0.6 is 11.8 Å². The lowest BCUT2D eigenvalue weighted by molar-refractivity contribution is -0.121. The highest BCUT2D eigenvalue weighted by Crippen LogP contribution is 2.23. The second-order valence-corrected chi connectivity index (χ2v) is 7.20. The van der Waals surface area contributed by atoms with E-state index in [-0.39, 0.29) is 23.5 Å². The standard InChI is InChI=1S/C20H21FN2O2S/c1-26-18-6-2-5-17(12-18)22-19(24)15-4-3-11-23(13-15)20(25)14-7-9-16(21)10-8-14/h2,5-10,12,15H,3-4,11,13H2,1H3,(H,22,24)/t15-/m0/s1. The van der Waals surface area contributed by atoms with Gasteiger partial charge in [0, 0.05) is 29.2 Å². The summed E-state index contributed by atoms with van der Waals surface area (Å²) < 4.78 is 13.0. The van der Waals surface area contributed by atoms with Crippen LogP contribution in [0.25, 0.3) is 0 Å². The summed E-state index contributed by atoms with van der Waals surface area (Å²) in [6.07, 6.45) is 3.51. The maximum atomic E-state index is 13.0. The van der Waals surface area contributed by atoms with Gasteiger partial charge < -0.3 is 10.2 Å². The van der Waals surface area contributed by atoms with Gasteiger partial charge in [0.15, 0.2) is 0 Å². The van der Waals surface area contributed by atoms with Gasteiger partial charge in [0.05, 0.1) is 5.92 Å². The summed E-state index contributed by atoms with van der Waals surface area (Å²) in [7, 11) is 0. The zero-order valence-electron chi connectivity index (χ0n) is 14.6. The highest BCUT2D eigenvalue weighted by molar-refractivity contribution is 7.98. The zero-order valence-corrected chi connectivity index (χ0v) is 15.4. The molecule has 1 aliphatic heterocycles. The SMILES string of the molecule is CSc1cccc(NC(=O)[C@H]2CCCN(C(=O)c3ccc(F)cc3)C2)c1. The van der Waals surface area contributed by atoms with Gasteiger partial charge in [0.2, 0.25) is 5.91 Å². The van der Waals surface area contributed by atoms with E-state index < -0.39 is 0 Å². The van der Waals surface area contributed by atoms with Crippen molar-refractivity contribution in [1.29, 1.82) is 0 Å². The second kappa shape index (κ2) is 8.36. The first-order chi connectivity index (χ1) is 12.6. The minimum atomic E-state index is -0.370. The number of halogens is 1. The van der Waals surface area contributed by atoms with Crippen molar-refractivity contribution in [3.63, 3.8) is 0 Å². The van der Waals surface area contributed by atoms with E-state index in [1.807, 2.05) is 30.5 Å². The third-order valence-corrected chi connectivity index (χ3v) is 5.23. The molecule has 4 nitrogen and oxygen atoms in total. The van der Waals surface area contributed by atoms with Crippen LogP contribution < -0.4 is 5.32 Å². The number of rotatable bonds is 4. The average Bonchev–Trinajstić information content (AvgIpc) is 2.68. The van der Waals surface area contributed by atoms with Crippen LogP contribution in [0.3, 0.4) is 0 Å². The molecule has 6 heteroatoms. The molecule has 0 aliphatic carbocycles. The van der Waals surface area contributed by atoms with Gasteiger partial charge >= 0.3 is 0 Å². The molecule has 0 spiro atoms. The van der Waals surface area contributed by atoms with Crippen LogP contribution in [0.15, 0.2) is 53.4 Å². The van der Waals surface area contributed by atoms with Crippen molar-refractivity contribution in [2.45, 2.75) is 17.7 Å². The Morgan fingerprint density at radius 1 is 1.19 bits per heavy atom. The van der Waals surface area contributed by atoms with E-state index in [0.717, 1.165) is 23.4 Å². The number of thioether (sulfide) groups is 1.